The molecule has 1 fully saturated rings. The van der Waals surface area contributed by atoms with Crippen molar-refractivity contribution in [3.05, 3.63) is 95.7 Å². The Labute approximate surface area is 194 Å². The first-order valence-electron chi connectivity index (χ1n) is 10.9. The van der Waals surface area contributed by atoms with Crippen molar-refractivity contribution in [3.8, 4) is 0 Å². The monoisotopic (exact) mass is 459 g/mol. The van der Waals surface area contributed by atoms with Gasteiger partial charge in [-0.15, -0.1) is 0 Å². The predicted molar refractivity (Wildman–Crippen MR) is 122 cm³/mol. The molecule has 3 aromatic heterocycles. The van der Waals surface area contributed by atoms with Gasteiger partial charge in [0.25, 0.3) is 11.7 Å². The molecule has 9 heteroatoms. The summed E-state index contributed by atoms with van der Waals surface area (Å²) in [5.74, 6) is -2.56. The number of aryl methyl sites for hydroxylation is 2. The lowest BCUT2D eigenvalue weighted by molar-refractivity contribution is -0.140. The van der Waals surface area contributed by atoms with Crippen molar-refractivity contribution in [1.82, 2.24) is 23.8 Å². The smallest absolute Gasteiger partial charge is 0.295 e. The number of rotatable bonds is 6. The minimum Gasteiger partial charge on any atom is -0.505 e. The lowest BCUT2D eigenvalue weighted by atomic mass is 9.95. The quantitative estimate of drug-likeness (QED) is 0.271. The number of hydrogen-bond donors (Lipinski definition) is 1. The minimum atomic E-state index is -1.06. The van der Waals surface area contributed by atoms with E-state index in [9.17, 15) is 19.1 Å². The third-order valence-corrected chi connectivity index (χ3v) is 6.04. The van der Waals surface area contributed by atoms with Crippen LogP contribution in [-0.2, 0) is 16.1 Å². The summed E-state index contributed by atoms with van der Waals surface area (Å²) in [6.07, 6.45) is 7.35. The van der Waals surface area contributed by atoms with Gasteiger partial charge in [-0.25, -0.2) is 14.4 Å². The minimum absolute atomic E-state index is 0.147. The predicted octanol–water partition coefficient (Wildman–Crippen LogP) is 3.49. The van der Waals surface area contributed by atoms with Crippen LogP contribution in [0.25, 0.3) is 11.4 Å². The summed E-state index contributed by atoms with van der Waals surface area (Å²) in [4.78, 5) is 36.1. The number of imidazole rings is 2. The number of carbonyl (C=O) groups is 2. The van der Waals surface area contributed by atoms with Crippen molar-refractivity contribution < 1.29 is 19.1 Å². The van der Waals surface area contributed by atoms with E-state index in [4.69, 9.17) is 0 Å². The maximum atomic E-state index is 14.9. The molecular weight excluding hydrogens is 437 g/mol. The van der Waals surface area contributed by atoms with Crippen LogP contribution in [0.1, 0.15) is 29.4 Å². The van der Waals surface area contributed by atoms with Crippen molar-refractivity contribution in [3.63, 3.8) is 0 Å². The first-order chi connectivity index (χ1) is 16.5. The largest absolute Gasteiger partial charge is 0.505 e. The number of aromatic nitrogens is 4. The SMILES string of the molecule is Cc1nc2ccccn2c1C(O)=C1C(=O)C(=O)N(CCCn2ccnc2)C1c1ccccc1F. The number of ketones is 1. The van der Waals surface area contributed by atoms with Crippen LogP contribution in [0.3, 0.4) is 0 Å². The molecule has 1 unspecified atom stereocenters. The lowest BCUT2D eigenvalue weighted by Gasteiger charge is -2.25. The summed E-state index contributed by atoms with van der Waals surface area (Å²) < 4.78 is 18.4. The Morgan fingerprint density at radius 3 is 2.65 bits per heavy atom. The summed E-state index contributed by atoms with van der Waals surface area (Å²) in [5.41, 5.74) is 1.37. The zero-order valence-electron chi connectivity index (χ0n) is 18.4. The number of fused-ring (bicyclic) bond motifs is 1. The van der Waals surface area contributed by atoms with Gasteiger partial charge in [-0.2, -0.15) is 0 Å². The Morgan fingerprint density at radius 1 is 1.09 bits per heavy atom. The number of amides is 1. The lowest BCUT2D eigenvalue weighted by Crippen LogP contribution is -2.31. The molecule has 0 spiro atoms. The third kappa shape index (κ3) is 3.55. The van der Waals surface area contributed by atoms with Crippen LogP contribution in [0, 0.1) is 12.7 Å². The second kappa shape index (κ2) is 8.58. The summed E-state index contributed by atoms with van der Waals surface area (Å²) in [7, 11) is 0. The highest BCUT2D eigenvalue weighted by Gasteiger charge is 2.47. The molecule has 0 aliphatic carbocycles. The van der Waals surface area contributed by atoms with Crippen LogP contribution in [0.2, 0.25) is 0 Å². The molecular formula is C25H22FN5O3. The van der Waals surface area contributed by atoms with E-state index in [2.05, 4.69) is 9.97 Å². The number of carbonyl (C=O) groups excluding carboxylic acids is 2. The van der Waals surface area contributed by atoms with E-state index in [1.54, 1.807) is 60.5 Å². The van der Waals surface area contributed by atoms with Crippen LogP contribution in [0.4, 0.5) is 4.39 Å². The van der Waals surface area contributed by atoms with Crippen LogP contribution >= 0.6 is 0 Å². The van der Waals surface area contributed by atoms with Crippen LogP contribution in [0.5, 0.6) is 0 Å². The maximum absolute atomic E-state index is 14.9. The van der Waals surface area contributed by atoms with Gasteiger partial charge >= 0.3 is 0 Å². The highest BCUT2D eigenvalue weighted by Crippen LogP contribution is 2.40. The molecule has 1 aliphatic heterocycles. The normalized spacial score (nSPS) is 17.7. The molecule has 1 atom stereocenters. The van der Waals surface area contributed by atoms with Crippen LogP contribution in [0.15, 0.2) is 73.0 Å². The van der Waals surface area contributed by atoms with Gasteiger partial charge in [-0.05, 0) is 31.5 Å². The Bertz CT molecular complexity index is 1420. The molecule has 5 rings (SSSR count). The van der Waals surface area contributed by atoms with Crippen molar-refractivity contribution in [2.75, 3.05) is 6.54 Å². The Balaban J connectivity index is 1.62. The second-order valence-electron chi connectivity index (χ2n) is 8.14. The molecule has 0 bridgehead atoms. The van der Waals surface area contributed by atoms with E-state index in [1.807, 2.05) is 10.6 Å². The van der Waals surface area contributed by atoms with Gasteiger partial charge < -0.3 is 14.6 Å². The average molecular weight is 459 g/mol. The molecule has 1 aromatic carbocycles. The summed E-state index contributed by atoms with van der Waals surface area (Å²) >= 11 is 0. The number of aliphatic hydroxyl groups is 1. The zero-order chi connectivity index (χ0) is 23.8. The summed E-state index contributed by atoms with van der Waals surface area (Å²) in [6.45, 7) is 2.48. The van der Waals surface area contributed by atoms with Gasteiger partial charge in [-0.1, -0.05) is 24.3 Å². The molecule has 8 nitrogen and oxygen atoms in total. The molecule has 1 saturated heterocycles. The number of halogens is 1. The van der Waals surface area contributed by atoms with Gasteiger partial charge in [0.05, 0.1) is 23.6 Å². The number of Topliss-reactive ketones (excluding diaryl/α,β-unsaturated/α-hetero) is 1. The first kappa shape index (κ1) is 21.6. The van der Waals surface area contributed by atoms with Gasteiger partial charge in [0.2, 0.25) is 0 Å². The summed E-state index contributed by atoms with van der Waals surface area (Å²) in [6, 6.07) is 10.3. The Hall–Kier alpha value is -4.27. The number of nitrogens with zero attached hydrogens (tertiary/aromatic N) is 5. The van der Waals surface area contributed by atoms with E-state index in [0.717, 1.165) is 0 Å². The Kier molecular flexibility index (Phi) is 5.45. The van der Waals surface area contributed by atoms with Gasteiger partial charge in [-0.3, -0.25) is 14.0 Å². The molecule has 4 heterocycles. The fourth-order valence-electron chi connectivity index (χ4n) is 4.50. The average Bonchev–Trinajstić information content (AvgIpc) is 3.52. The second-order valence-corrected chi connectivity index (χ2v) is 8.14. The molecule has 4 aromatic rings. The van der Waals surface area contributed by atoms with E-state index in [0.29, 0.717) is 30.0 Å². The molecule has 172 valence electrons. The maximum Gasteiger partial charge on any atom is 0.295 e. The van der Waals surface area contributed by atoms with E-state index >= 15 is 0 Å². The molecule has 1 aliphatic rings. The summed E-state index contributed by atoms with van der Waals surface area (Å²) in [5, 5.41) is 11.4. The van der Waals surface area contributed by atoms with Crippen LogP contribution < -0.4 is 0 Å². The number of aliphatic hydroxyl groups excluding tert-OH is 1. The topological polar surface area (TPSA) is 92.7 Å². The number of benzene rings is 1. The molecule has 0 radical (unpaired) electrons. The fourth-order valence-corrected chi connectivity index (χ4v) is 4.50. The van der Waals surface area contributed by atoms with Crippen molar-refractivity contribution in [1.29, 1.82) is 0 Å². The van der Waals surface area contributed by atoms with Gasteiger partial charge in [0.1, 0.15) is 17.2 Å². The van der Waals surface area contributed by atoms with E-state index in [-0.39, 0.29) is 23.4 Å². The van der Waals surface area contributed by atoms with Gasteiger partial charge in [0.15, 0.2) is 5.76 Å². The highest BCUT2D eigenvalue weighted by atomic mass is 19.1. The number of likely N-dealkylation sites (tertiary alicyclic amines) is 1. The molecule has 0 saturated carbocycles. The molecule has 1 amide bonds. The fraction of sp³-hybridized carbons (Fsp3) is 0.200. The zero-order valence-corrected chi connectivity index (χ0v) is 18.4. The first-order valence-corrected chi connectivity index (χ1v) is 10.9. The van der Waals surface area contributed by atoms with Crippen molar-refractivity contribution in [2.45, 2.75) is 25.9 Å². The van der Waals surface area contributed by atoms with E-state index in [1.165, 1.54) is 17.0 Å². The van der Waals surface area contributed by atoms with Crippen LogP contribution in [-0.4, -0.2) is 47.2 Å². The van der Waals surface area contributed by atoms with Crippen molar-refractivity contribution >= 4 is 23.1 Å². The standard InChI is InChI=1S/C25H22FN5O3/c1-16-21(30-12-5-4-9-19(30)28-16)23(32)20-22(17-7-2-3-8-18(17)26)31(25(34)24(20)33)13-6-11-29-14-10-27-15-29/h2-5,7-10,12,14-15,22,32H,6,11,13H2,1H3. The highest BCUT2D eigenvalue weighted by molar-refractivity contribution is 6.46. The third-order valence-electron chi connectivity index (χ3n) is 6.04. The Morgan fingerprint density at radius 2 is 1.88 bits per heavy atom. The molecule has 34 heavy (non-hydrogen) atoms. The number of pyridine rings is 1. The van der Waals surface area contributed by atoms with Crippen molar-refractivity contribution in [2.24, 2.45) is 0 Å². The van der Waals surface area contributed by atoms with E-state index < -0.39 is 23.5 Å². The number of hydrogen-bond acceptors (Lipinski definition) is 5. The van der Waals surface area contributed by atoms with Gasteiger partial charge in [0, 0.05) is 37.2 Å². The molecule has 1 N–H and O–H groups in total.